The minimum Gasteiger partial charge on any atom is -0.343 e. The van der Waals surface area contributed by atoms with Gasteiger partial charge in [-0.05, 0) is 11.1 Å². The van der Waals surface area contributed by atoms with Crippen molar-refractivity contribution in [3.8, 4) is 0 Å². The second-order valence-corrected chi connectivity index (χ2v) is 5.45. The Balaban J connectivity index is 2.03. The zero-order valence-electron chi connectivity index (χ0n) is 11.9. The van der Waals surface area contributed by atoms with Gasteiger partial charge in [0.2, 0.25) is 11.9 Å². The van der Waals surface area contributed by atoms with Crippen LogP contribution in [0.3, 0.4) is 0 Å². The standard InChI is InChI=1S/C17H16N2O3/c20-15-11-14(12-7-3-1-4-8-12)17(19(21)22)16(18-15)13-9-5-2-6-10-13/h1-10,14,16-17H,11H2,(H,18,20)/t14-,16+,17-/m0/s1. The molecule has 0 aromatic heterocycles. The molecule has 0 aliphatic carbocycles. The maximum absolute atomic E-state index is 12.1. The summed E-state index contributed by atoms with van der Waals surface area (Å²) in [7, 11) is 0. The van der Waals surface area contributed by atoms with Crippen LogP contribution in [0.15, 0.2) is 60.7 Å². The van der Waals surface area contributed by atoms with Gasteiger partial charge in [-0.1, -0.05) is 60.7 Å². The van der Waals surface area contributed by atoms with Crippen LogP contribution in [0.1, 0.15) is 29.5 Å². The molecule has 1 amide bonds. The summed E-state index contributed by atoms with van der Waals surface area (Å²) >= 11 is 0. The molecule has 22 heavy (non-hydrogen) atoms. The number of nitrogens with one attached hydrogen (secondary N) is 1. The molecule has 0 bridgehead atoms. The number of rotatable bonds is 3. The van der Waals surface area contributed by atoms with Crippen LogP contribution < -0.4 is 5.32 Å². The lowest BCUT2D eigenvalue weighted by molar-refractivity contribution is -0.533. The van der Waals surface area contributed by atoms with Crippen LogP contribution in [0.4, 0.5) is 0 Å². The number of amides is 1. The van der Waals surface area contributed by atoms with E-state index in [2.05, 4.69) is 5.32 Å². The highest BCUT2D eigenvalue weighted by Gasteiger charge is 2.46. The molecule has 1 N–H and O–H groups in total. The van der Waals surface area contributed by atoms with E-state index in [4.69, 9.17) is 0 Å². The molecule has 3 atom stereocenters. The van der Waals surface area contributed by atoms with E-state index in [-0.39, 0.29) is 17.3 Å². The minimum absolute atomic E-state index is 0.138. The van der Waals surface area contributed by atoms with E-state index in [0.717, 1.165) is 11.1 Å². The Bertz CT molecular complexity index is 621. The lowest BCUT2D eigenvalue weighted by Gasteiger charge is -2.33. The summed E-state index contributed by atoms with van der Waals surface area (Å²) in [6, 6.07) is 16.9. The summed E-state index contributed by atoms with van der Waals surface area (Å²) < 4.78 is 0. The van der Waals surface area contributed by atoms with Crippen molar-refractivity contribution in [3.05, 3.63) is 81.9 Å². The third-order valence-corrected chi connectivity index (χ3v) is 4.11. The third kappa shape index (κ3) is 2.70. The zero-order chi connectivity index (χ0) is 15.5. The van der Waals surface area contributed by atoms with Gasteiger partial charge in [0.1, 0.15) is 6.04 Å². The molecule has 1 fully saturated rings. The number of hydrogen-bond acceptors (Lipinski definition) is 3. The Morgan fingerprint density at radius 2 is 1.50 bits per heavy atom. The first-order chi connectivity index (χ1) is 10.7. The van der Waals surface area contributed by atoms with Gasteiger partial charge in [0, 0.05) is 11.3 Å². The highest BCUT2D eigenvalue weighted by atomic mass is 16.6. The molecule has 0 saturated carbocycles. The van der Waals surface area contributed by atoms with Gasteiger partial charge in [0.15, 0.2) is 0 Å². The van der Waals surface area contributed by atoms with Crippen molar-refractivity contribution in [2.24, 2.45) is 0 Å². The minimum atomic E-state index is -0.873. The number of hydrogen-bond donors (Lipinski definition) is 1. The van der Waals surface area contributed by atoms with Crippen molar-refractivity contribution in [3.63, 3.8) is 0 Å². The summed E-state index contributed by atoms with van der Waals surface area (Å²) in [6.07, 6.45) is 0.138. The number of nitrogens with zero attached hydrogens (tertiary/aromatic N) is 1. The highest BCUT2D eigenvalue weighted by molar-refractivity contribution is 5.79. The quantitative estimate of drug-likeness (QED) is 0.699. The Kier molecular flexibility index (Phi) is 3.87. The summed E-state index contributed by atoms with van der Waals surface area (Å²) in [6.45, 7) is 0. The van der Waals surface area contributed by atoms with E-state index in [1.165, 1.54) is 0 Å². The van der Waals surface area contributed by atoms with E-state index in [0.29, 0.717) is 0 Å². The number of benzene rings is 2. The van der Waals surface area contributed by atoms with E-state index in [1.54, 1.807) is 0 Å². The van der Waals surface area contributed by atoms with Crippen LogP contribution in [-0.4, -0.2) is 16.9 Å². The van der Waals surface area contributed by atoms with Crippen molar-refractivity contribution in [1.82, 2.24) is 5.32 Å². The van der Waals surface area contributed by atoms with E-state index < -0.39 is 18.0 Å². The zero-order valence-corrected chi connectivity index (χ0v) is 11.9. The molecular formula is C17H16N2O3. The number of nitro groups is 1. The number of piperidine rings is 1. The predicted octanol–water partition coefficient (Wildman–Crippen LogP) is 2.68. The molecule has 0 spiro atoms. The van der Waals surface area contributed by atoms with Gasteiger partial charge in [0.05, 0.1) is 5.92 Å². The normalized spacial score (nSPS) is 24.5. The molecule has 112 valence electrons. The first-order valence-electron chi connectivity index (χ1n) is 7.19. The molecule has 0 unspecified atom stereocenters. The predicted molar refractivity (Wildman–Crippen MR) is 81.9 cm³/mol. The molecule has 1 aliphatic heterocycles. The first-order valence-corrected chi connectivity index (χ1v) is 7.19. The fourth-order valence-electron chi connectivity index (χ4n) is 3.10. The van der Waals surface area contributed by atoms with Gasteiger partial charge in [-0.15, -0.1) is 0 Å². The van der Waals surface area contributed by atoms with Gasteiger partial charge in [0.25, 0.3) is 0 Å². The molecule has 1 aliphatic rings. The average Bonchev–Trinajstić information content (AvgIpc) is 2.55. The highest BCUT2D eigenvalue weighted by Crippen LogP contribution is 2.36. The fraction of sp³-hybridized carbons (Fsp3) is 0.235. The van der Waals surface area contributed by atoms with Gasteiger partial charge in [-0.3, -0.25) is 14.9 Å². The fourth-order valence-corrected chi connectivity index (χ4v) is 3.10. The Morgan fingerprint density at radius 1 is 0.955 bits per heavy atom. The van der Waals surface area contributed by atoms with Gasteiger partial charge >= 0.3 is 0 Å². The van der Waals surface area contributed by atoms with E-state index in [1.807, 2.05) is 60.7 Å². The molecule has 2 aromatic rings. The van der Waals surface area contributed by atoms with Crippen LogP contribution in [-0.2, 0) is 4.79 Å². The maximum atomic E-state index is 12.1. The van der Waals surface area contributed by atoms with Crippen molar-refractivity contribution in [1.29, 1.82) is 0 Å². The monoisotopic (exact) mass is 296 g/mol. The van der Waals surface area contributed by atoms with Gasteiger partial charge in [-0.25, -0.2) is 0 Å². The van der Waals surface area contributed by atoms with E-state index >= 15 is 0 Å². The Hall–Kier alpha value is -2.69. The molecule has 1 saturated heterocycles. The molecule has 0 radical (unpaired) electrons. The molecule has 1 heterocycles. The van der Waals surface area contributed by atoms with Crippen LogP contribution in [0.2, 0.25) is 0 Å². The summed E-state index contributed by atoms with van der Waals surface area (Å²) in [5.41, 5.74) is 1.60. The van der Waals surface area contributed by atoms with Crippen molar-refractivity contribution in [2.75, 3.05) is 0 Å². The summed E-state index contributed by atoms with van der Waals surface area (Å²) in [4.78, 5) is 23.5. The third-order valence-electron chi connectivity index (χ3n) is 4.11. The maximum Gasteiger partial charge on any atom is 0.244 e. The summed E-state index contributed by atoms with van der Waals surface area (Å²) in [5, 5.41) is 14.5. The van der Waals surface area contributed by atoms with Crippen LogP contribution in [0.5, 0.6) is 0 Å². The summed E-state index contributed by atoms with van der Waals surface area (Å²) in [5.74, 6) is -0.573. The second kappa shape index (κ2) is 5.97. The first kappa shape index (κ1) is 14.3. The lowest BCUT2D eigenvalue weighted by atomic mass is 9.79. The molecule has 5 nitrogen and oxygen atoms in total. The Labute approximate surface area is 128 Å². The van der Waals surface area contributed by atoms with Crippen molar-refractivity contribution < 1.29 is 9.72 Å². The van der Waals surface area contributed by atoms with Crippen molar-refractivity contribution in [2.45, 2.75) is 24.4 Å². The lowest BCUT2D eigenvalue weighted by Crippen LogP contribution is -2.49. The Morgan fingerprint density at radius 3 is 2.05 bits per heavy atom. The average molecular weight is 296 g/mol. The van der Waals surface area contributed by atoms with Crippen LogP contribution in [0, 0.1) is 10.1 Å². The molecular weight excluding hydrogens is 280 g/mol. The molecule has 3 rings (SSSR count). The van der Waals surface area contributed by atoms with Gasteiger partial charge < -0.3 is 5.32 Å². The largest absolute Gasteiger partial charge is 0.343 e. The smallest absolute Gasteiger partial charge is 0.244 e. The molecule has 2 aromatic carbocycles. The molecule has 5 heteroatoms. The van der Waals surface area contributed by atoms with E-state index in [9.17, 15) is 14.9 Å². The number of carbonyl (C=O) groups is 1. The van der Waals surface area contributed by atoms with Crippen LogP contribution in [0.25, 0.3) is 0 Å². The SMILES string of the molecule is O=C1C[C@@H](c2ccccc2)[C@H]([N+](=O)[O-])[C@@H](c2ccccc2)N1. The number of carbonyl (C=O) groups excluding carboxylic acids is 1. The van der Waals surface area contributed by atoms with Gasteiger partial charge in [-0.2, -0.15) is 0 Å². The van der Waals surface area contributed by atoms with Crippen LogP contribution >= 0.6 is 0 Å². The van der Waals surface area contributed by atoms with Crippen molar-refractivity contribution >= 4 is 5.91 Å². The topological polar surface area (TPSA) is 72.2 Å². The second-order valence-electron chi connectivity index (χ2n) is 5.45.